The van der Waals surface area contributed by atoms with Crippen molar-refractivity contribution in [2.24, 2.45) is 0 Å². The molecule has 2 aromatic rings. The molecule has 0 aliphatic heterocycles. The SMILES string of the molecule is CNc1ccc(S(=O)(=O)NC(C)c2cc(C)sc2C)cc1. The molecule has 0 aliphatic carbocycles. The summed E-state index contributed by atoms with van der Waals surface area (Å²) in [5, 5.41) is 2.97. The highest BCUT2D eigenvalue weighted by Gasteiger charge is 2.20. The summed E-state index contributed by atoms with van der Waals surface area (Å²) in [4.78, 5) is 2.61. The lowest BCUT2D eigenvalue weighted by Crippen LogP contribution is -2.27. The van der Waals surface area contributed by atoms with Crippen LogP contribution in [0, 0.1) is 13.8 Å². The first-order valence-electron chi connectivity index (χ1n) is 6.70. The van der Waals surface area contributed by atoms with E-state index in [4.69, 9.17) is 0 Å². The van der Waals surface area contributed by atoms with Gasteiger partial charge in [0, 0.05) is 28.5 Å². The van der Waals surface area contributed by atoms with Crippen molar-refractivity contribution in [3.05, 3.63) is 45.6 Å². The molecule has 0 spiro atoms. The highest BCUT2D eigenvalue weighted by Crippen LogP contribution is 2.27. The normalized spacial score (nSPS) is 13.1. The Hall–Kier alpha value is -1.37. The van der Waals surface area contributed by atoms with Crippen LogP contribution in [-0.4, -0.2) is 15.5 Å². The molecule has 0 bridgehead atoms. The molecule has 0 radical (unpaired) electrons. The van der Waals surface area contributed by atoms with Gasteiger partial charge in [-0.25, -0.2) is 13.1 Å². The van der Waals surface area contributed by atoms with Gasteiger partial charge >= 0.3 is 0 Å². The van der Waals surface area contributed by atoms with Gasteiger partial charge in [-0.05, 0) is 56.7 Å². The van der Waals surface area contributed by atoms with Gasteiger partial charge in [0.2, 0.25) is 10.0 Å². The van der Waals surface area contributed by atoms with Crippen molar-refractivity contribution in [1.82, 2.24) is 4.72 Å². The third-order valence-electron chi connectivity index (χ3n) is 3.33. The lowest BCUT2D eigenvalue weighted by atomic mass is 10.1. The molecule has 2 N–H and O–H groups in total. The third kappa shape index (κ3) is 3.64. The number of anilines is 1. The second-order valence-electron chi connectivity index (χ2n) is 4.99. The van der Waals surface area contributed by atoms with E-state index in [2.05, 4.69) is 10.0 Å². The Labute approximate surface area is 130 Å². The van der Waals surface area contributed by atoms with Crippen LogP contribution in [0.5, 0.6) is 0 Å². The van der Waals surface area contributed by atoms with Crippen LogP contribution in [0.25, 0.3) is 0 Å². The van der Waals surface area contributed by atoms with Crippen LogP contribution in [0.4, 0.5) is 5.69 Å². The summed E-state index contributed by atoms with van der Waals surface area (Å²) in [6.45, 7) is 5.91. The summed E-state index contributed by atoms with van der Waals surface area (Å²) < 4.78 is 27.5. The summed E-state index contributed by atoms with van der Waals surface area (Å²) in [7, 11) is -1.72. The van der Waals surface area contributed by atoms with E-state index in [1.165, 1.54) is 4.88 Å². The minimum absolute atomic E-state index is 0.246. The van der Waals surface area contributed by atoms with E-state index >= 15 is 0 Å². The molecule has 6 heteroatoms. The molecule has 1 aromatic carbocycles. The number of hydrogen-bond acceptors (Lipinski definition) is 4. The first-order valence-corrected chi connectivity index (χ1v) is 9.00. The molecular formula is C15H20N2O2S2. The maximum absolute atomic E-state index is 12.4. The zero-order valence-electron chi connectivity index (χ0n) is 12.6. The van der Waals surface area contributed by atoms with Crippen molar-refractivity contribution >= 4 is 27.0 Å². The van der Waals surface area contributed by atoms with Gasteiger partial charge in [-0.15, -0.1) is 11.3 Å². The largest absolute Gasteiger partial charge is 0.388 e. The van der Waals surface area contributed by atoms with Crippen LogP contribution in [0.15, 0.2) is 35.2 Å². The summed E-state index contributed by atoms with van der Waals surface area (Å²) in [6, 6.07) is 8.50. The summed E-state index contributed by atoms with van der Waals surface area (Å²) in [5.41, 5.74) is 1.92. The van der Waals surface area contributed by atoms with Crippen LogP contribution in [0.3, 0.4) is 0 Å². The predicted octanol–water partition coefficient (Wildman–Crippen LogP) is 3.45. The van der Waals surface area contributed by atoms with Crippen LogP contribution in [-0.2, 0) is 10.0 Å². The average Bonchev–Trinajstić information content (AvgIpc) is 2.77. The molecule has 1 heterocycles. The molecule has 0 saturated carbocycles. The standard InChI is InChI=1S/C15H20N2O2S2/c1-10-9-15(12(3)20-10)11(2)17-21(18,19)14-7-5-13(16-4)6-8-14/h5-9,11,16-17H,1-4H3. The summed E-state index contributed by atoms with van der Waals surface area (Å²) in [5.74, 6) is 0. The van der Waals surface area contributed by atoms with Crippen LogP contribution < -0.4 is 10.0 Å². The smallest absolute Gasteiger partial charge is 0.241 e. The molecule has 0 saturated heterocycles. The predicted molar refractivity (Wildman–Crippen MR) is 88.5 cm³/mol. The maximum atomic E-state index is 12.4. The molecule has 0 fully saturated rings. The highest BCUT2D eigenvalue weighted by atomic mass is 32.2. The van der Waals surface area contributed by atoms with Gasteiger partial charge in [0.1, 0.15) is 0 Å². The van der Waals surface area contributed by atoms with Crippen molar-refractivity contribution in [3.63, 3.8) is 0 Å². The molecular weight excluding hydrogens is 304 g/mol. The monoisotopic (exact) mass is 324 g/mol. The third-order valence-corrected chi connectivity index (χ3v) is 5.87. The average molecular weight is 324 g/mol. The Bertz CT molecular complexity index is 719. The van der Waals surface area contributed by atoms with Crippen LogP contribution in [0.1, 0.15) is 28.3 Å². The molecule has 1 unspecified atom stereocenters. The van der Waals surface area contributed by atoms with Crippen LogP contribution >= 0.6 is 11.3 Å². The minimum Gasteiger partial charge on any atom is -0.388 e. The fourth-order valence-corrected chi connectivity index (χ4v) is 4.49. The van der Waals surface area contributed by atoms with Gasteiger partial charge < -0.3 is 5.32 Å². The molecule has 4 nitrogen and oxygen atoms in total. The number of nitrogens with one attached hydrogen (secondary N) is 2. The zero-order chi connectivity index (χ0) is 15.6. The van der Waals surface area contributed by atoms with Crippen molar-refractivity contribution in [3.8, 4) is 0 Å². The molecule has 0 aliphatic rings. The van der Waals surface area contributed by atoms with Crippen molar-refractivity contribution in [2.45, 2.75) is 31.7 Å². The number of aryl methyl sites for hydroxylation is 2. The molecule has 2 rings (SSSR count). The Morgan fingerprint density at radius 1 is 1.14 bits per heavy atom. The van der Waals surface area contributed by atoms with E-state index in [0.29, 0.717) is 0 Å². The Kier molecular flexibility index (Phi) is 4.70. The van der Waals surface area contributed by atoms with Gasteiger partial charge in [-0.3, -0.25) is 0 Å². The summed E-state index contributed by atoms with van der Waals surface area (Å²) in [6.07, 6.45) is 0. The van der Waals surface area contributed by atoms with Gasteiger partial charge in [-0.1, -0.05) is 0 Å². The second-order valence-corrected chi connectivity index (χ2v) is 8.16. The van der Waals surface area contributed by atoms with Crippen LogP contribution in [0.2, 0.25) is 0 Å². The fraction of sp³-hybridized carbons (Fsp3) is 0.333. The molecule has 21 heavy (non-hydrogen) atoms. The number of sulfonamides is 1. The van der Waals surface area contributed by atoms with E-state index in [1.54, 1.807) is 42.6 Å². The maximum Gasteiger partial charge on any atom is 0.241 e. The van der Waals surface area contributed by atoms with Gasteiger partial charge in [0.05, 0.1) is 4.90 Å². The number of benzene rings is 1. The Morgan fingerprint density at radius 2 is 1.76 bits per heavy atom. The number of thiophene rings is 1. The van der Waals surface area contributed by atoms with E-state index in [0.717, 1.165) is 16.1 Å². The lowest BCUT2D eigenvalue weighted by Gasteiger charge is -2.14. The Balaban J connectivity index is 2.22. The first-order chi connectivity index (χ1) is 9.83. The molecule has 0 amide bonds. The van der Waals surface area contributed by atoms with E-state index in [1.807, 2.05) is 26.8 Å². The fourth-order valence-electron chi connectivity index (χ4n) is 2.25. The van der Waals surface area contributed by atoms with Crippen molar-refractivity contribution in [1.29, 1.82) is 0 Å². The Morgan fingerprint density at radius 3 is 2.24 bits per heavy atom. The van der Waals surface area contributed by atoms with E-state index < -0.39 is 10.0 Å². The topological polar surface area (TPSA) is 58.2 Å². The van der Waals surface area contributed by atoms with Gasteiger partial charge in [0.25, 0.3) is 0 Å². The first kappa shape index (κ1) is 16.0. The van der Waals surface area contributed by atoms with E-state index in [-0.39, 0.29) is 10.9 Å². The number of rotatable bonds is 5. The van der Waals surface area contributed by atoms with Gasteiger partial charge in [0.15, 0.2) is 0 Å². The highest BCUT2D eigenvalue weighted by molar-refractivity contribution is 7.89. The molecule has 1 atom stereocenters. The zero-order valence-corrected chi connectivity index (χ0v) is 14.2. The van der Waals surface area contributed by atoms with Crippen molar-refractivity contribution < 1.29 is 8.42 Å². The second kappa shape index (κ2) is 6.17. The van der Waals surface area contributed by atoms with Crippen molar-refractivity contribution in [2.75, 3.05) is 12.4 Å². The van der Waals surface area contributed by atoms with E-state index in [9.17, 15) is 8.42 Å². The molecule has 1 aromatic heterocycles. The van der Waals surface area contributed by atoms with Gasteiger partial charge in [-0.2, -0.15) is 0 Å². The number of hydrogen-bond donors (Lipinski definition) is 2. The quantitative estimate of drug-likeness (QED) is 0.885. The minimum atomic E-state index is -3.51. The summed E-state index contributed by atoms with van der Waals surface area (Å²) >= 11 is 1.68. The molecule has 114 valence electrons. The lowest BCUT2D eigenvalue weighted by molar-refractivity contribution is 0.567.